The summed E-state index contributed by atoms with van der Waals surface area (Å²) in [5.74, 6) is 1.67. The molecule has 2 aromatic carbocycles. The van der Waals surface area contributed by atoms with Crippen molar-refractivity contribution in [3.8, 4) is 5.75 Å². The second-order valence-electron chi connectivity index (χ2n) is 5.82. The molecule has 6 heteroatoms. The molecule has 1 saturated heterocycles. The number of hydrogen-bond donors (Lipinski definition) is 0. The number of aryl methyl sites for hydroxylation is 1. The Bertz CT molecular complexity index is 829. The zero-order valence-corrected chi connectivity index (χ0v) is 17.0. The molecule has 0 aromatic heterocycles. The summed E-state index contributed by atoms with van der Waals surface area (Å²) in [4.78, 5) is 15.4. The zero-order valence-electron chi connectivity index (χ0n) is 14.6. The monoisotopic (exact) mass is 401 g/mol. The molecule has 3 nitrogen and oxygen atoms in total. The maximum absolute atomic E-state index is 12.0. The maximum Gasteiger partial charge on any atom is 0.265 e. The van der Waals surface area contributed by atoms with Gasteiger partial charge in [-0.15, -0.1) is 11.8 Å². The molecule has 1 aliphatic heterocycles. The molecule has 26 heavy (non-hydrogen) atoms. The minimum absolute atomic E-state index is 0.0477. The predicted octanol–water partition coefficient (Wildman–Crippen LogP) is 5.00. The van der Waals surface area contributed by atoms with Gasteiger partial charge >= 0.3 is 0 Å². The van der Waals surface area contributed by atoms with Gasteiger partial charge in [0.05, 0.1) is 11.5 Å². The van der Waals surface area contributed by atoms with Crippen molar-refractivity contribution in [1.82, 2.24) is 4.90 Å². The molecule has 1 heterocycles. The fourth-order valence-electron chi connectivity index (χ4n) is 2.31. The van der Waals surface area contributed by atoms with Gasteiger partial charge in [0.2, 0.25) is 0 Å². The molecule has 2 aromatic rings. The summed E-state index contributed by atoms with van der Waals surface area (Å²) in [6, 6.07) is 16.3. The summed E-state index contributed by atoms with van der Waals surface area (Å²) in [6.45, 7) is 2.73. The van der Waals surface area contributed by atoms with Crippen LogP contribution in [0.15, 0.2) is 58.3 Å². The number of carbonyl (C=O) groups is 1. The fourth-order valence-corrected chi connectivity index (χ4v) is 4.22. The number of nitrogens with zero attached hydrogens (tertiary/aromatic N) is 1. The fraction of sp³-hybridized carbons (Fsp3) is 0.200. The van der Waals surface area contributed by atoms with Gasteiger partial charge in [-0.1, -0.05) is 53.8 Å². The Kier molecular flexibility index (Phi) is 6.40. The van der Waals surface area contributed by atoms with Crippen molar-refractivity contribution in [2.24, 2.45) is 0 Å². The lowest BCUT2D eigenvalue weighted by Crippen LogP contribution is -2.22. The molecule has 0 spiro atoms. The molecule has 0 radical (unpaired) electrons. The smallest absolute Gasteiger partial charge is 0.265 e. The largest absolute Gasteiger partial charge is 0.493 e. The van der Waals surface area contributed by atoms with Crippen LogP contribution in [0.4, 0.5) is 0 Å². The van der Waals surface area contributed by atoms with Crippen LogP contribution in [0.2, 0.25) is 0 Å². The number of likely N-dealkylation sites (N-methyl/N-ethyl adjacent to an activating group) is 1. The highest BCUT2D eigenvalue weighted by Gasteiger charge is 2.28. The highest BCUT2D eigenvalue weighted by molar-refractivity contribution is 8.26. The van der Waals surface area contributed by atoms with E-state index < -0.39 is 0 Å². The van der Waals surface area contributed by atoms with Crippen molar-refractivity contribution < 1.29 is 9.53 Å². The van der Waals surface area contributed by atoms with E-state index in [0.29, 0.717) is 15.8 Å². The zero-order chi connectivity index (χ0) is 18.5. The molecule has 1 aliphatic rings. The Morgan fingerprint density at radius 1 is 1.15 bits per heavy atom. The van der Waals surface area contributed by atoms with E-state index in [-0.39, 0.29) is 5.91 Å². The number of hydrogen-bond acceptors (Lipinski definition) is 5. The van der Waals surface area contributed by atoms with Gasteiger partial charge in [-0.05, 0) is 42.8 Å². The minimum atomic E-state index is -0.0477. The summed E-state index contributed by atoms with van der Waals surface area (Å²) in [5, 5.41) is 0. The van der Waals surface area contributed by atoms with Crippen LogP contribution in [-0.2, 0) is 4.79 Å². The Hall–Kier alpha value is -1.76. The number of benzene rings is 2. The Morgan fingerprint density at radius 3 is 2.46 bits per heavy atom. The Labute approximate surface area is 167 Å². The van der Waals surface area contributed by atoms with Gasteiger partial charge in [0, 0.05) is 17.7 Å². The third-order valence-corrected chi connectivity index (χ3v) is 6.27. The second kappa shape index (κ2) is 8.75. The first-order valence-corrected chi connectivity index (χ1v) is 10.4. The van der Waals surface area contributed by atoms with E-state index in [0.717, 1.165) is 17.1 Å². The molecule has 1 amide bonds. The summed E-state index contributed by atoms with van der Waals surface area (Å²) in [7, 11) is 1.70. The first-order chi connectivity index (χ1) is 12.5. The first kappa shape index (κ1) is 19.0. The van der Waals surface area contributed by atoms with Crippen molar-refractivity contribution in [3.63, 3.8) is 0 Å². The molecule has 3 rings (SSSR count). The lowest BCUT2D eigenvalue weighted by molar-refractivity contribution is -0.121. The number of thiocarbonyl (C=S) groups is 1. The molecule has 0 aliphatic carbocycles. The van der Waals surface area contributed by atoms with Gasteiger partial charge in [-0.25, -0.2) is 0 Å². The van der Waals surface area contributed by atoms with Gasteiger partial charge in [-0.2, -0.15) is 0 Å². The highest BCUT2D eigenvalue weighted by atomic mass is 32.2. The van der Waals surface area contributed by atoms with Gasteiger partial charge in [0.25, 0.3) is 5.91 Å². The van der Waals surface area contributed by atoms with Gasteiger partial charge in [0.15, 0.2) is 0 Å². The van der Waals surface area contributed by atoms with Crippen molar-refractivity contribution >= 4 is 52.0 Å². The van der Waals surface area contributed by atoms with E-state index in [2.05, 4.69) is 31.2 Å². The van der Waals surface area contributed by atoms with E-state index >= 15 is 0 Å². The normalized spacial score (nSPS) is 15.8. The van der Waals surface area contributed by atoms with Crippen LogP contribution in [0.1, 0.15) is 11.1 Å². The van der Waals surface area contributed by atoms with E-state index in [1.165, 1.54) is 27.1 Å². The maximum atomic E-state index is 12.0. The summed E-state index contributed by atoms with van der Waals surface area (Å²) in [5.41, 5.74) is 2.23. The number of amides is 1. The summed E-state index contributed by atoms with van der Waals surface area (Å²) >= 11 is 8.25. The summed E-state index contributed by atoms with van der Waals surface area (Å²) in [6.07, 6.45) is 1.86. The van der Waals surface area contributed by atoms with Gasteiger partial charge in [-0.3, -0.25) is 9.69 Å². The average Bonchev–Trinajstić information content (AvgIpc) is 2.88. The SMILES string of the molecule is Cc1ccc(SCCOc2ccc(C=C3SC(=S)N(C)C3=O)cc2)cc1. The van der Waals surface area contributed by atoms with E-state index in [9.17, 15) is 4.79 Å². The number of carbonyl (C=O) groups excluding carboxylic acids is 1. The minimum Gasteiger partial charge on any atom is -0.493 e. The topological polar surface area (TPSA) is 29.5 Å². The van der Waals surface area contributed by atoms with Crippen LogP contribution >= 0.6 is 35.7 Å². The van der Waals surface area contributed by atoms with Crippen LogP contribution in [0, 0.1) is 6.92 Å². The molecule has 1 fully saturated rings. The number of thioether (sulfide) groups is 2. The van der Waals surface area contributed by atoms with E-state index in [1.807, 2.05) is 30.3 Å². The average molecular weight is 402 g/mol. The number of rotatable bonds is 6. The predicted molar refractivity (Wildman–Crippen MR) is 115 cm³/mol. The van der Waals surface area contributed by atoms with Gasteiger partial charge in [0.1, 0.15) is 10.1 Å². The first-order valence-electron chi connectivity index (χ1n) is 8.17. The van der Waals surface area contributed by atoms with Crippen LogP contribution in [0.25, 0.3) is 6.08 Å². The Balaban J connectivity index is 1.49. The molecular weight excluding hydrogens is 382 g/mol. The van der Waals surface area contributed by atoms with Crippen LogP contribution in [0.5, 0.6) is 5.75 Å². The lowest BCUT2D eigenvalue weighted by atomic mass is 10.2. The third kappa shape index (κ3) is 4.90. The summed E-state index contributed by atoms with van der Waals surface area (Å²) < 4.78 is 6.38. The van der Waals surface area contributed by atoms with E-state index in [4.69, 9.17) is 17.0 Å². The molecule has 0 unspecified atom stereocenters. The molecule has 0 bridgehead atoms. The van der Waals surface area contributed by atoms with Crippen LogP contribution in [0.3, 0.4) is 0 Å². The third-order valence-electron chi connectivity index (χ3n) is 3.81. The molecular formula is C20H19NO2S3. The molecule has 0 saturated carbocycles. The standard InChI is InChI=1S/C20H19NO2S3/c1-14-3-9-17(10-4-14)25-12-11-23-16-7-5-15(6-8-16)13-18-19(22)21(2)20(24)26-18/h3-10,13H,11-12H2,1-2H3. The van der Waals surface area contributed by atoms with Crippen molar-refractivity contribution in [1.29, 1.82) is 0 Å². The highest BCUT2D eigenvalue weighted by Crippen LogP contribution is 2.31. The lowest BCUT2D eigenvalue weighted by Gasteiger charge is -2.07. The molecule has 0 N–H and O–H groups in total. The van der Waals surface area contributed by atoms with Gasteiger partial charge < -0.3 is 4.74 Å². The quantitative estimate of drug-likeness (QED) is 0.294. The van der Waals surface area contributed by atoms with E-state index in [1.54, 1.807) is 18.8 Å². The number of ether oxygens (including phenoxy) is 1. The molecule has 0 atom stereocenters. The second-order valence-corrected chi connectivity index (χ2v) is 8.66. The molecule has 134 valence electrons. The van der Waals surface area contributed by atoms with Crippen molar-refractivity contribution in [2.45, 2.75) is 11.8 Å². The van der Waals surface area contributed by atoms with Crippen molar-refractivity contribution in [3.05, 3.63) is 64.6 Å². The van der Waals surface area contributed by atoms with Crippen LogP contribution in [-0.4, -0.2) is 34.5 Å². The van der Waals surface area contributed by atoms with Crippen LogP contribution < -0.4 is 4.74 Å². The Morgan fingerprint density at radius 2 is 1.85 bits per heavy atom. The van der Waals surface area contributed by atoms with Crippen molar-refractivity contribution in [2.75, 3.05) is 19.4 Å².